The third-order valence-corrected chi connectivity index (χ3v) is 7.23. The summed E-state index contributed by atoms with van der Waals surface area (Å²) in [5, 5.41) is 11.2. The maximum atomic E-state index is 11.8. The van der Waals surface area contributed by atoms with Crippen LogP contribution in [-0.2, 0) is 11.2 Å². The van der Waals surface area contributed by atoms with Gasteiger partial charge >= 0.3 is 0 Å². The lowest BCUT2D eigenvalue weighted by Gasteiger charge is -2.42. The minimum absolute atomic E-state index is 0.179. The fourth-order valence-electron chi connectivity index (χ4n) is 5.04. The Balaban J connectivity index is 1.44. The van der Waals surface area contributed by atoms with E-state index in [-0.39, 0.29) is 12.0 Å². The summed E-state index contributed by atoms with van der Waals surface area (Å²) in [6.45, 7) is 7.17. The van der Waals surface area contributed by atoms with Crippen LogP contribution in [0.1, 0.15) is 38.2 Å². The standard InChI is InChI=1S/C28H39N3O3/c1-23(32)12-13-27(31-16-14-28(33,15-17-31)22-24-8-4-3-5-9-24)34-26-11-7-6-10-25(26)30-20-18-29(2)19-21-30/h3-11,27,33H,12-22H2,1-2H3. The predicted molar refractivity (Wildman–Crippen MR) is 136 cm³/mol. The van der Waals surface area contributed by atoms with E-state index < -0.39 is 5.60 Å². The molecular weight excluding hydrogens is 426 g/mol. The number of hydrogen-bond donors (Lipinski definition) is 1. The molecule has 34 heavy (non-hydrogen) atoms. The summed E-state index contributed by atoms with van der Waals surface area (Å²) in [7, 11) is 2.16. The summed E-state index contributed by atoms with van der Waals surface area (Å²) >= 11 is 0. The molecule has 0 aromatic heterocycles. The molecule has 2 aromatic carbocycles. The van der Waals surface area contributed by atoms with Gasteiger partial charge in [0.05, 0.1) is 11.3 Å². The van der Waals surface area contributed by atoms with Crippen LogP contribution in [-0.4, -0.2) is 78.8 Å². The van der Waals surface area contributed by atoms with E-state index in [0.29, 0.717) is 32.1 Å². The van der Waals surface area contributed by atoms with Crippen molar-refractivity contribution in [2.24, 2.45) is 0 Å². The molecule has 1 atom stereocenters. The summed E-state index contributed by atoms with van der Waals surface area (Å²) in [5.41, 5.74) is 1.60. The Labute approximate surface area is 204 Å². The number of piperazine rings is 1. The summed E-state index contributed by atoms with van der Waals surface area (Å²) in [6.07, 6.45) is 3.03. The van der Waals surface area contributed by atoms with Gasteiger partial charge in [0.2, 0.25) is 0 Å². The molecule has 4 rings (SSSR count). The van der Waals surface area contributed by atoms with Crippen LogP contribution in [0.25, 0.3) is 0 Å². The third-order valence-electron chi connectivity index (χ3n) is 7.23. The zero-order valence-corrected chi connectivity index (χ0v) is 20.7. The first-order valence-corrected chi connectivity index (χ1v) is 12.6. The van der Waals surface area contributed by atoms with Gasteiger partial charge in [0.15, 0.2) is 6.23 Å². The average Bonchev–Trinajstić information content (AvgIpc) is 2.84. The highest BCUT2D eigenvalue weighted by atomic mass is 16.5. The van der Waals surface area contributed by atoms with Crippen molar-refractivity contribution in [2.45, 2.75) is 50.9 Å². The van der Waals surface area contributed by atoms with Crippen molar-refractivity contribution in [3.8, 4) is 5.75 Å². The lowest BCUT2D eigenvalue weighted by Crippen LogP contribution is -2.51. The van der Waals surface area contributed by atoms with Gasteiger partial charge in [-0.1, -0.05) is 42.5 Å². The van der Waals surface area contributed by atoms with Gasteiger partial charge in [-0.25, -0.2) is 0 Å². The lowest BCUT2D eigenvalue weighted by molar-refractivity contribution is -0.118. The van der Waals surface area contributed by atoms with Crippen molar-refractivity contribution in [2.75, 3.05) is 51.2 Å². The van der Waals surface area contributed by atoms with E-state index in [1.807, 2.05) is 30.3 Å². The molecule has 0 aliphatic carbocycles. The second kappa shape index (κ2) is 11.3. The van der Waals surface area contributed by atoms with Crippen molar-refractivity contribution < 1.29 is 14.6 Å². The van der Waals surface area contributed by atoms with Gasteiger partial charge in [-0.05, 0) is 44.5 Å². The molecule has 0 amide bonds. The number of Topliss-reactive ketones (excluding diaryl/α,β-unsaturated/α-hetero) is 1. The van der Waals surface area contributed by atoms with Gasteiger partial charge in [0.1, 0.15) is 11.5 Å². The summed E-state index contributed by atoms with van der Waals surface area (Å²) in [4.78, 5) is 18.9. The van der Waals surface area contributed by atoms with Crippen LogP contribution in [0.2, 0.25) is 0 Å². The summed E-state index contributed by atoms with van der Waals surface area (Å²) in [5.74, 6) is 1.06. The number of hydrogen-bond acceptors (Lipinski definition) is 6. The second-order valence-electron chi connectivity index (χ2n) is 9.99. The van der Waals surface area contributed by atoms with Gasteiger partial charge < -0.3 is 24.4 Å². The van der Waals surface area contributed by atoms with Crippen LogP contribution >= 0.6 is 0 Å². The van der Waals surface area contributed by atoms with Crippen LogP contribution in [0.4, 0.5) is 5.69 Å². The van der Waals surface area contributed by atoms with Crippen LogP contribution in [0, 0.1) is 0 Å². The number of aliphatic hydroxyl groups is 1. The molecule has 6 heteroatoms. The number of carbonyl (C=O) groups excluding carboxylic acids is 1. The first-order chi connectivity index (χ1) is 16.4. The first kappa shape index (κ1) is 24.7. The van der Waals surface area contributed by atoms with E-state index in [0.717, 1.165) is 50.7 Å². The van der Waals surface area contributed by atoms with E-state index >= 15 is 0 Å². The highest BCUT2D eigenvalue weighted by molar-refractivity contribution is 5.75. The van der Waals surface area contributed by atoms with Crippen molar-refractivity contribution in [3.05, 3.63) is 60.2 Å². The zero-order valence-electron chi connectivity index (χ0n) is 20.7. The van der Waals surface area contributed by atoms with Gasteiger partial charge in [-0.2, -0.15) is 0 Å². The number of piperidine rings is 1. The van der Waals surface area contributed by atoms with Crippen LogP contribution in [0.5, 0.6) is 5.75 Å². The molecule has 2 fully saturated rings. The number of likely N-dealkylation sites (tertiary alicyclic amines) is 1. The molecule has 6 nitrogen and oxygen atoms in total. The number of carbonyl (C=O) groups is 1. The number of benzene rings is 2. The molecule has 0 radical (unpaired) electrons. The summed E-state index contributed by atoms with van der Waals surface area (Å²) in [6, 6.07) is 18.5. The summed E-state index contributed by atoms with van der Waals surface area (Å²) < 4.78 is 6.64. The van der Waals surface area contributed by atoms with Gasteiger partial charge in [-0.15, -0.1) is 0 Å². The Morgan fingerprint density at radius 1 is 0.971 bits per heavy atom. The van der Waals surface area contributed by atoms with E-state index in [9.17, 15) is 9.90 Å². The number of likely N-dealkylation sites (N-methyl/N-ethyl adjacent to an activating group) is 1. The Hall–Kier alpha value is -2.41. The van der Waals surface area contributed by atoms with Crippen LogP contribution < -0.4 is 9.64 Å². The molecule has 2 heterocycles. The predicted octanol–water partition coefficient (Wildman–Crippen LogP) is 3.58. The second-order valence-corrected chi connectivity index (χ2v) is 9.99. The van der Waals surface area contributed by atoms with Crippen LogP contribution in [0.3, 0.4) is 0 Å². The molecule has 0 saturated carbocycles. The number of anilines is 1. The topological polar surface area (TPSA) is 56.2 Å². The fourth-order valence-corrected chi connectivity index (χ4v) is 5.04. The molecule has 1 N–H and O–H groups in total. The largest absolute Gasteiger partial charge is 0.473 e. The smallest absolute Gasteiger partial charge is 0.153 e. The SMILES string of the molecule is CC(=O)CCC(Oc1ccccc1N1CCN(C)CC1)N1CCC(O)(Cc2ccccc2)CC1. The number of nitrogens with zero attached hydrogens (tertiary/aromatic N) is 3. The minimum Gasteiger partial charge on any atom is -0.473 e. The zero-order chi connectivity index (χ0) is 24.0. The Morgan fingerprint density at radius 3 is 2.29 bits per heavy atom. The third kappa shape index (κ3) is 6.59. The Morgan fingerprint density at radius 2 is 1.62 bits per heavy atom. The quantitative estimate of drug-likeness (QED) is 0.611. The van der Waals surface area contributed by atoms with E-state index in [2.05, 4.69) is 46.0 Å². The lowest BCUT2D eigenvalue weighted by atomic mass is 9.85. The number of ether oxygens (including phenoxy) is 1. The molecule has 184 valence electrons. The maximum absolute atomic E-state index is 11.8. The first-order valence-electron chi connectivity index (χ1n) is 12.6. The fraction of sp³-hybridized carbons (Fsp3) is 0.536. The van der Waals surface area contributed by atoms with Crippen molar-refractivity contribution in [1.29, 1.82) is 0 Å². The molecule has 2 aliphatic heterocycles. The van der Waals surface area contributed by atoms with Crippen molar-refractivity contribution in [3.63, 3.8) is 0 Å². The van der Waals surface area contributed by atoms with Gasteiger partial charge in [0, 0.05) is 58.5 Å². The highest BCUT2D eigenvalue weighted by Gasteiger charge is 2.35. The Bertz CT molecular complexity index is 920. The van der Waals surface area contributed by atoms with E-state index in [1.165, 1.54) is 5.56 Å². The van der Waals surface area contributed by atoms with Gasteiger partial charge in [0.25, 0.3) is 0 Å². The van der Waals surface area contributed by atoms with E-state index in [4.69, 9.17) is 4.74 Å². The maximum Gasteiger partial charge on any atom is 0.153 e. The molecule has 0 spiro atoms. The average molecular weight is 466 g/mol. The molecule has 2 saturated heterocycles. The molecule has 2 aliphatic rings. The molecule has 0 bridgehead atoms. The number of para-hydroxylation sites is 2. The molecule has 2 aromatic rings. The molecular formula is C28H39N3O3. The molecule has 1 unspecified atom stereocenters. The van der Waals surface area contributed by atoms with Crippen molar-refractivity contribution in [1.82, 2.24) is 9.80 Å². The highest BCUT2D eigenvalue weighted by Crippen LogP contribution is 2.33. The van der Waals surface area contributed by atoms with Crippen LogP contribution in [0.15, 0.2) is 54.6 Å². The normalized spacial score (nSPS) is 20.1. The monoisotopic (exact) mass is 465 g/mol. The van der Waals surface area contributed by atoms with Gasteiger partial charge in [-0.3, -0.25) is 4.90 Å². The minimum atomic E-state index is -0.694. The van der Waals surface area contributed by atoms with Crippen molar-refractivity contribution >= 4 is 11.5 Å². The number of ketones is 1. The Kier molecular flexibility index (Phi) is 8.24. The number of rotatable bonds is 9. The van der Waals surface area contributed by atoms with E-state index in [1.54, 1.807) is 6.92 Å².